The Bertz CT molecular complexity index is 554. The minimum atomic E-state index is -3.40. The van der Waals surface area contributed by atoms with Gasteiger partial charge in [-0.3, -0.25) is 0 Å². The van der Waals surface area contributed by atoms with Crippen LogP contribution in [0.4, 0.5) is 0 Å². The minimum absolute atomic E-state index is 0.0685. The van der Waals surface area contributed by atoms with Crippen LogP contribution in [0.5, 0.6) is 0 Å². The number of nitrogens with two attached hydrogens (primary N) is 1. The van der Waals surface area contributed by atoms with Crippen molar-refractivity contribution in [2.45, 2.75) is 44.2 Å². The molecule has 1 saturated heterocycles. The zero-order valence-electron chi connectivity index (χ0n) is 11.7. The van der Waals surface area contributed by atoms with E-state index in [0.29, 0.717) is 17.4 Å². The summed E-state index contributed by atoms with van der Waals surface area (Å²) in [7, 11) is -3.40. The average molecular weight is 282 g/mol. The van der Waals surface area contributed by atoms with Crippen molar-refractivity contribution >= 4 is 10.0 Å². The third-order valence-electron chi connectivity index (χ3n) is 3.72. The lowest BCUT2D eigenvalue weighted by Crippen LogP contribution is -2.34. The number of sulfonamides is 1. The predicted molar refractivity (Wildman–Crippen MR) is 76.2 cm³/mol. The van der Waals surface area contributed by atoms with Crippen LogP contribution in [-0.4, -0.2) is 25.3 Å². The third kappa shape index (κ3) is 2.83. The Balaban J connectivity index is 2.37. The number of nitrogens with zero attached hydrogens (tertiary/aromatic N) is 1. The summed E-state index contributed by atoms with van der Waals surface area (Å²) in [4.78, 5) is 0.350. The fraction of sp³-hybridized carbons (Fsp3) is 0.571. The quantitative estimate of drug-likeness (QED) is 0.923. The zero-order valence-corrected chi connectivity index (χ0v) is 12.5. The standard InChI is InChI=1S/C14H22N2O2S/c1-10-7-11(2)16(9-10)19(17,18)14-6-4-5-13(8-14)12(3)15/h4-6,8,10-12H,7,9,15H2,1-3H3. The Morgan fingerprint density at radius 1 is 1.37 bits per heavy atom. The van der Waals surface area contributed by atoms with E-state index >= 15 is 0 Å². The second-order valence-electron chi connectivity index (χ2n) is 5.63. The molecule has 1 aliphatic heterocycles. The average Bonchev–Trinajstić information content (AvgIpc) is 2.69. The van der Waals surface area contributed by atoms with Crippen LogP contribution >= 0.6 is 0 Å². The SMILES string of the molecule is CC1CC(C)N(S(=O)(=O)c2cccc(C(C)N)c2)C1. The van der Waals surface area contributed by atoms with E-state index in [1.165, 1.54) is 0 Å². The molecule has 0 spiro atoms. The summed E-state index contributed by atoms with van der Waals surface area (Å²) in [5.74, 6) is 0.418. The van der Waals surface area contributed by atoms with Crippen molar-refractivity contribution in [2.75, 3.05) is 6.54 Å². The van der Waals surface area contributed by atoms with E-state index in [2.05, 4.69) is 6.92 Å². The molecule has 5 heteroatoms. The maximum absolute atomic E-state index is 12.7. The molecule has 2 rings (SSSR count). The molecule has 0 aromatic heterocycles. The second-order valence-corrected chi connectivity index (χ2v) is 7.52. The first-order chi connectivity index (χ1) is 8.82. The van der Waals surface area contributed by atoms with E-state index in [1.807, 2.05) is 19.9 Å². The molecule has 1 fully saturated rings. The van der Waals surface area contributed by atoms with Crippen molar-refractivity contribution in [2.24, 2.45) is 11.7 Å². The highest BCUT2D eigenvalue weighted by Gasteiger charge is 2.36. The largest absolute Gasteiger partial charge is 0.324 e. The summed E-state index contributed by atoms with van der Waals surface area (Å²) in [6.45, 7) is 6.51. The van der Waals surface area contributed by atoms with Crippen LogP contribution < -0.4 is 5.73 Å². The minimum Gasteiger partial charge on any atom is -0.324 e. The first-order valence-corrected chi connectivity index (χ1v) is 8.13. The van der Waals surface area contributed by atoms with Crippen LogP contribution in [0.15, 0.2) is 29.2 Å². The number of hydrogen-bond donors (Lipinski definition) is 1. The Hall–Kier alpha value is -0.910. The van der Waals surface area contributed by atoms with Crippen LogP contribution in [-0.2, 0) is 10.0 Å². The van der Waals surface area contributed by atoms with E-state index in [0.717, 1.165) is 12.0 Å². The Kier molecular flexibility index (Phi) is 3.99. The van der Waals surface area contributed by atoms with Crippen LogP contribution in [0.1, 0.15) is 38.8 Å². The highest BCUT2D eigenvalue weighted by Crippen LogP contribution is 2.29. The fourth-order valence-electron chi connectivity index (χ4n) is 2.69. The summed E-state index contributed by atoms with van der Waals surface area (Å²) in [6.07, 6.45) is 0.923. The molecule has 3 unspecified atom stereocenters. The zero-order chi connectivity index (χ0) is 14.2. The molecule has 3 atom stereocenters. The molecule has 0 amide bonds. The maximum atomic E-state index is 12.7. The van der Waals surface area contributed by atoms with Gasteiger partial charge in [-0.05, 0) is 43.9 Å². The molecule has 0 radical (unpaired) electrons. The number of rotatable bonds is 3. The van der Waals surface area contributed by atoms with Crippen LogP contribution in [0, 0.1) is 5.92 Å². The van der Waals surface area contributed by atoms with Gasteiger partial charge in [0.2, 0.25) is 10.0 Å². The van der Waals surface area contributed by atoms with Gasteiger partial charge in [0.05, 0.1) is 4.90 Å². The van der Waals surface area contributed by atoms with E-state index in [4.69, 9.17) is 5.73 Å². The van der Waals surface area contributed by atoms with Crippen molar-refractivity contribution in [3.63, 3.8) is 0 Å². The van der Waals surface area contributed by atoms with Gasteiger partial charge in [-0.1, -0.05) is 19.1 Å². The highest BCUT2D eigenvalue weighted by atomic mass is 32.2. The van der Waals surface area contributed by atoms with Crippen molar-refractivity contribution in [1.29, 1.82) is 0 Å². The van der Waals surface area contributed by atoms with Gasteiger partial charge in [-0.2, -0.15) is 4.31 Å². The molecule has 4 nitrogen and oxygen atoms in total. The summed E-state index contributed by atoms with van der Waals surface area (Å²) in [6, 6.07) is 6.87. The Morgan fingerprint density at radius 3 is 2.58 bits per heavy atom. The summed E-state index contributed by atoms with van der Waals surface area (Å²) in [5, 5.41) is 0. The van der Waals surface area contributed by atoms with Gasteiger partial charge in [0.1, 0.15) is 0 Å². The molecule has 106 valence electrons. The van der Waals surface area contributed by atoms with Gasteiger partial charge >= 0.3 is 0 Å². The molecule has 1 aromatic rings. The van der Waals surface area contributed by atoms with Gasteiger partial charge in [0.25, 0.3) is 0 Å². The molecule has 0 saturated carbocycles. The monoisotopic (exact) mass is 282 g/mol. The lowest BCUT2D eigenvalue weighted by atomic mass is 10.1. The molecule has 1 aromatic carbocycles. The number of benzene rings is 1. The predicted octanol–water partition coefficient (Wildman–Crippen LogP) is 2.13. The molecule has 0 aliphatic carbocycles. The van der Waals surface area contributed by atoms with Gasteiger partial charge in [0.15, 0.2) is 0 Å². The molecule has 19 heavy (non-hydrogen) atoms. The van der Waals surface area contributed by atoms with E-state index < -0.39 is 10.0 Å². The van der Waals surface area contributed by atoms with Gasteiger partial charge in [-0.15, -0.1) is 0 Å². The van der Waals surface area contributed by atoms with E-state index in [9.17, 15) is 8.42 Å². The summed E-state index contributed by atoms with van der Waals surface area (Å²) >= 11 is 0. The molecule has 1 heterocycles. The molecule has 1 aliphatic rings. The first kappa shape index (κ1) is 14.5. The Morgan fingerprint density at radius 2 is 2.05 bits per heavy atom. The fourth-order valence-corrected chi connectivity index (χ4v) is 4.51. The Labute approximate surface area is 115 Å². The molecular formula is C14H22N2O2S. The number of hydrogen-bond acceptors (Lipinski definition) is 3. The molecular weight excluding hydrogens is 260 g/mol. The second kappa shape index (κ2) is 5.23. The molecule has 0 bridgehead atoms. The first-order valence-electron chi connectivity index (χ1n) is 6.69. The van der Waals surface area contributed by atoms with Gasteiger partial charge in [-0.25, -0.2) is 8.42 Å². The van der Waals surface area contributed by atoms with Crippen LogP contribution in [0.25, 0.3) is 0 Å². The highest BCUT2D eigenvalue weighted by molar-refractivity contribution is 7.89. The third-order valence-corrected chi connectivity index (χ3v) is 5.69. The van der Waals surface area contributed by atoms with Crippen molar-refractivity contribution in [3.8, 4) is 0 Å². The van der Waals surface area contributed by atoms with Gasteiger partial charge < -0.3 is 5.73 Å². The normalized spacial score (nSPS) is 26.5. The molecule has 2 N–H and O–H groups in total. The lowest BCUT2D eigenvalue weighted by Gasteiger charge is -2.21. The smallest absolute Gasteiger partial charge is 0.243 e. The van der Waals surface area contributed by atoms with E-state index in [-0.39, 0.29) is 12.1 Å². The van der Waals surface area contributed by atoms with Crippen LogP contribution in [0.3, 0.4) is 0 Å². The van der Waals surface area contributed by atoms with Gasteiger partial charge in [0, 0.05) is 18.6 Å². The summed E-state index contributed by atoms with van der Waals surface area (Å²) in [5.41, 5.74) is 6.67. The topological polar surface area (TPSA) is 63.4 Å². The van der Waals surface area contributed by atoms with Crippen molar-refractivity contribution < 1.29 is 8.42 Å². The maximum Gasteiger partial charge on any atom is 0.243 e. The van der Waals surface area contributed by atoms with Crippen molar-refractivity contribution in [1.82, 2.24) is 4.31 Å². The van der Waals surface area contributed by atoms with Crippen LogP contribution in [0.2, 0.25) is 0 Å². The van der Waals surface area contributed by atoms with E-state index in [1.54, 1.807) is 22.5 Å². The summed E-state index contributed by atoms with van der Waals surface area (Å²) < 4.78 is 26.9. The van der Waals surface area contributed by atoms with Crippen molar-refractivity contribution in [3.05, 3.63) is 29.8 Å². The lowest BCUT2D eigenvalue weighted by molar-refractivity contribution is 0.405.